The van der Waals surface area contributed by atoms with Gasteiger partial charge < -0.3 is 9.14 Å². The van der Waals surface area contributed by atoms with Gasteiger partial charge in [-0.2, -0.15) is 0 Å². The summed E-state index contributed by atoms with van der Waals surface area (Å²) in [6, 6.07) is 5.70. The molecule has 2 aromatic heterocycles. The zero-order chi connectivity index (χ0) is 11.5. The number of carbonyl (C=O) groups excluding carboxylic acids is 1. The molecule has 0 aromatic carbocycles. The number of esters is 1. The third kappa shape index (κ3) is 1.66. The van der Waals surface area contributed by atoms with Gasteiger partial charge >= 0.3 is 5.97 Å². The Kier molecular flexibility index (Phi) is 2.90. The molecule has 4 heteroatoms. The van der Waals surface area contributed by atoms with Crippen LogP contribution in [0.4, 0.5) is 0 Å². The molecule has 0 unspecified atom stereocenters. The van der Waals surface area contributed by atoms with E-state index in [9.17, 15) is 4.79 Å². The second kappa shape index (κ2) is 4.35. The summed E-state index contributed by atoms with van der Waals surface area (Å²) in [6.45, 7) is 4.16. The van der Waals surface area contributed by atoms with Crippen molar-refractivity contribution in [1.29, 1.82) is 0 Å². The van der Waals surface area contributed by atoms with E-state index < -0.39 is 0 Å². The van der Waals surface area contributed by atoms with Gasteiger partial charge in [-0.3, -0.25) is 0 Å². The van der Waals surface area contributed by atoms with Gasteiger partial charge in [0.15, 0.2) is 5.69 Å². The number of imidazole rings is 1. The Hall–Kier alpha value is -1.84. The molecule has 16 heavy (non-hydrogen) atoms. The summed E-state index contributed by atoms with van der Waals surface area (Å²) in [6.07, 6.45) is 2.66. The molecule has 84 valence electrons. The van der Waals surface area contributed by atoms with Crippen LogP contribution in [0, 0.1) is 0 Å². The molecular weight excluding hydrogens is 204 g/mol. The zero-order valence-electron chi connectivity index (χ0n) is 9.43. The van der Waals surface area contributed by atoms with E-state index in [-0.39, 0.29) is 5.97 Å². The molecule has 0 amide bonds. The Morgan fingerprint density at radius 2 is 2.25 bits per heavy atom. The number of hydrogen-bond acceptors (Lipinski definition) is 3. The lowest BCUT2D eigenvalue weighted by Gasteiger charge is -2.01. The highest BCUT2D eigenvalue weighted by molar-refractivity contribution is 5.89. The normalized spacial score (nSPS) is 10.6. The fourth-order valence-electron chi connectivity index (χ4n) is 1.75. The van der Waals surface area contributed by atoms with Crippen LogP contribution in [0.2, 0.25) is 0 Å². The largest absolute Gasteiger partial charge is 0.461 e. The van der Waals surface area contributed by atoms with Crippen LogP contribution in [-0.2, 0) is 11.2 Å². The summed E-state index contributed by atoms with van der Waals surface area (Å²) >= 11 is 0. The van der Waals surface area contributed by atoms with Gasteiger partial charge in [0.2, 0.25) is 0 Å². The minimum absolute atomic E-state index is 0.344. The molecule has 2 heterocycles. The Balaban J connectivity index is 2.56. The second-order valence-electron chi connectivity index (χ2n) is 3.41. The maximum Gasteiger partial charge on any atom is 0.358 e. The molecule has 0 aliphatic rings. The lowest BCUT2D eigenvalue weighted by atomic mass is 10.2. The SMILES string of the molecule is CCOC(=O)c1nc2ccccn2c1CC. The summed E-state index contributed by atoms with van der Waals surface area (Å²) in [5, 5.41) is 0. The van der Waals surface area contributed by atoms with E-state index in [1.807, 2.05) is 35.7 Å². The number of pyridine rings is 1. The highest BCUT2D eigenvalue weighted by atomic mass is 16.5. The van der Waals surface area contributed by atoms with Crippen LogP contribution in [0.25, 0.3) is 5.65 Å². The van der Waals surface area contributed by atoms with E-state index in [1.165, 1.54) is 0 Å². The average molecular weight is 218 g/mol. The molecule has 0 fully saturated rings. The summed E-state index contributed by atoms with van der Waals surface area (Å²) in [4.78, 5) is 16.0. The van der Waals surface area contributed by atoms with Crippen molar-refractivity contribution >= 4 is 11.6 Å². The molecule has 0 aliphatic heterocycles. The van der Waals surface area contributed by atoms with Gasteiger partial charge in [0.25, 0.3) is 0 Å². The summed E-state index contributed by atoms with van der Waals surface area (Å²) in [7, 11) is 0. The number of hydrogen-bond donors (Lipinski definition) is 0. The number of carbonyl (C=O) groups is 1. The first-order valence-corrected chi connectivity index (χ1v) is 5.41. The first-order chi connectivity index (χ1) is 7.77. The fraction of sp³-hybridized carbons (Fsp3) is 0.333. The monoisotopic (exact) mass is 218 g/mol. The van der Waals surface area contributed by atoms with Crippen molar-refractivity contribution in [2.45, 2.75) is 20.3 Å². The van der Waals surface area contributed by atoms with Gasteiger partial charge in [-0.25, -0.2) is 9.78 Å². The predicted molar refractivity (Wildman–Crippen MR) is 60.5 cm³/mol. The third-order valence-electron chi connectivity index (χ3n) is 2.43. The first kappa shape index (κ1) is 10.7. The van der Waals surface area contributed by atoms with E-state index in [2.05, 4.69) is 4.98 Å². The van der Waals surface area contributed by atoms with E-state index in [0.717, 1.165) is 17.8 Å². The molecule has 2 rings (SSSR count). The van der Waals surface area contributed by atoms with Gasteiger partial charge in [-0.15, -0.1) is 0 Å². The van der Waals surface area contributed by atoms with Gasteiger partial charge in [-0.05, 0) is 25.5 Å². The average Bonchev–Trinajstić information content (AvgIpc) is 2.67. The Bertz CT molecular complexity index is 517. The van der Waals surface area contributed by atoms with Crippen molar-refractivity contribution in [2.75, 3.05) is 6.61 Å². The lowest BCUT2D eigenvalue weighted by Crippen LogP contribution is -2.08. The molecular formula is C12H14N2O2. The number of fused-ring (bicyclic) bond motifs is 1. The molecule has 0 atom stereocenters. The number of aromatic nitrogens is 2. The molecule has 4 nitrogen and oxygen atoms in total. The topological polar surface area (TPSA) is 43.6 Å². The second-order valence-corrected chi connectivity index (χ2v) is 3.41. The zero-order valence-corrected chi connectivity index (χ0v) is 9.43. The Labute approximate surface area is 93.9 Å². The van der Waals surface area contributed by atoms with Gasteiger partial charge in [-0.1, -0.05) is 13.0 Å². The highest BCUT2D eigenvalue weighted by Gasteiger charge is 2.17. The van der Waals surface area contributed by atoms with Gasteiger partial charge in [0, 0.05) is 6.20 Å². The molecule has 0 bridgehead atoms. The first-order valence-electron chi connectivity index (χ1n) is 5.41. The standard InChI is InChI=1S/C12H14N2O2/c1-3-9-11(12(15)16-4-2)13-10-7-5-6-8-14(9)10/h5-8H,3-4H2,1-2H3. The van der Waals surface area contributed by atoms with Crippen molar-refractivity contribution in [3.8, 4) is 0 Å². The predicted octanol–water partition coefficient (Wildman–Crippen LogP) is 2.07. The molecule has 0 aliphatic carbocycles. The Morgan fingerprint density at radius 1 is 1.44 bits per heavy atom. The number of rotatable bonds is 3. The van der Waals surface area contributed by atoms with Crippen LogP contribution in [0.1, 0.15) is 30.0 Å². The van der Waals surface area contributed by atoms with E-state index in [4.69, 9.17) is 4.74 Å². The van der Waals surface area contributed by atoms with E-state index in [1.54, 1.807) is 6.92 Å². The van der Waals surface area contributed by atoms with E-state index in [0.29, 0.717) is 12.3 Å². The summed E-state index contributed by atoms with van der Waals surface area (Å²) in [5.74, 6) is -0.344. The minimum atomic E-state index is -0.344. The number of aryl methyl sites for hydroxylation is 1. The molecule has 2 aromatic rings. The van der Waals surface area contributed by atoms with Crippen molar-refractivity contribution < 1.29 is 9.53 Å². The maximum absolute atomic E-state index is 11.7. The molecule has 0 N–H and O–H groups in total. The van der Waals surface area contributed by atoms with Crippen molar-refractivity contribution in [1.82, 2.24) is 9.38 Å². The maximum atomic E-state index is 11.7. The third-order valence-corrected chi connectivity index (χ3v) is 2.43. The van der Waals surface area contributed by atoms with Crippen LogP contribution in [0.15, 0.2) is 24.4 Å². The van der Waals surface area contributed by atoms with E-state index >= 15 is 0 Å². The van der Waals surface area contributed by atoms with Crippen LogP contribution < -0.4 is 0 Å². The minimum Gasteiger partial charge on any atom is -0.461 e. The van der Waals surface area contributed by atoms with Crippen LogP contribution in [0.3, 0.4) is 0 Å². The molecule has 0 radical (unpaired) electrons. The van der Waals surface area contributed by atoms with Crippen LogP contribution >= 0.6 is 0 Å². The van der Waals surface area contributed by atoms with Crippen LogP contribution in [-0.4, -0.2) is 22.0 Å². The van der Waals surface area contributed by atoms with Crippen molar-refractivity contribution in [3.05, 3.63) is 35.8 Å². The van der Waals surface area contributed by atoms with Crippen LogP contribution in [0.5, 0.6) is 0 Å². The van der Waals surface area contributed by atoms with Crippen molar-refractivity contribution in [2.24, 2.45) is 0 Å². The smallest absolute Gasteiger partial charge is 0.358 e. The molecule has 0 spiro atoms. The Morgan fingerprint density at radius 3 is 2.94 bits per heavy atom. The number of ether oxygens (including phenoxy) is 1. The highest BCUT2D eigenvalue weighted by Crippen LogP contribution is 2.14. The van der Waals surface area contributed by atoms with Crippen molar-refractivity contribution in [3.63, 3.8) is 0 Å². The quantitative estimate of drug-likeness (QED) is 0.741. The fourth-order valence-corrected chi connectivity index (χ4v) is 1.75. The number of nitrogens with zero attached hydrogens (tertiary/aromatic N) is 2. The summed E-state index contributed by atoms with van der Waals surface area (Å²) < 4.78 is 6.91. The summed E-state index contributed by atoms with van der Waals surface area (Å²) in [5.41, 5.74) is 2.10. The molecule has 0 saturated carbocycles. The molecule has 0 saturated heterocycles. The van der Waals surface area contributed by atoms with Gasteiger partial charge in [0.05, 0.1) is 12.3 Å². The lowest BCUT2D eigenvalue weighted by molar-refractivity contribution is 0.0519. The van der Waals surface area contributed by atoms with Gasteiger partial charge in [0.1, 0.15) is 5.65 Å².